The lowest BCUT2D eigenvalue weighted by atomic mass is 10.2. The van der Waals surface area contributed by atoms with Crippen LogP contribution in [-0.2, 0) is 0 Å². The van der Waals surface area contributed by atoms with Crippen LogP contribution in [0.3, 0.4) is 0 Å². The van der Waals surface area contributed by atoms with Crippen LogP contribution >= 0.6 is 11.3 Å². The standard InChI is InChI=1S/C11H8N2S/c1-2-5-9-8(4-1)10-11(14-9)13-7-3-6-12-10/h1-7,12H. The van der Waals surface area contributed by atoms with Crippen molar-refractivity contribution in [2.24, 2.45) is 4.99 Å². The van der Waals surface area contributed by atoms with Gasteiger partial charge in [0, 0.05) is 22.5 Å². The van der Waals surface area contributed by atoms with Crippen molar-refractivity contribution in [1.29, 1.82) is 0 Å². The number of nitrogens with one attached hydrogen (secondary N) is 1. The van der Waals surface area contributed by atoms with Crippen LogP contribution in [0.25, 0.3) is 10.1 Å². The van der Waals surface area contributed by atoms with E-state index in [-0.39, 0.29) is 0 Å². The van der Waals surface area contributed by atoms with E-state index in [0.29, 0.717) is 0 Å². The van der Waals surface area contributed by atoms with Gasteiger partial charge in [-0.15, -0.1) is 11.3 Å². The largest absolute Gasteiger partial charge is 0.359 e. The Morgan fingerprint density at radius 2 is 2.14 bits per heavy atom. The molecule has 0 aliphatic carbocycles. The monoisotopic (exact) mass is 200 g/mol. The van der Waals surface area contributed by atoms with Crippen LogP contribution in [0, 0.1) is 0 Å². The van der Waals surface area contributed by atoms with E-state index < -0.39 is 0 Å². The molecule has 0 amide bonds. The summed E-state index contributed by atoms with van der Waals surface area (Å²) in [5.74, 6) is 0. The van der Waals surface area contributed by atoms with Crippen LogP contribution in [0.2, 0.25) is 0 Å². The second kappa shape index (κ2) is 2.96. The van der Waals surface area contributed by atoms with Gasteiger partial charge in [-0.3, -0.25) is 0 Å². The third-order valence-electron chi connectivity index (χ3n) is 2.18. The number of nitrogens with zero attached hydrogens (tertiary/aromatic N) is 1. The Labute approximate surface area is 85.6 Å². The molecule has 1 N–H and O–H groups in total. The smallest absolute Gasteiger partial charge is 0.140 e. The molecule has 0 saturated heterocycles. The number of aliphatic imine (C=N–C) groups is 1. The third kappa shape index (κ3) is 1.06. The molecule has 3 heteroatoms. The van der Waals surface area contributed by atoms with Crippen LogP contribution in [0.5, 0.6) is 0 Å². The number of hydrogen-bond donors (Lipinski definition) is 1. The Hall–Kier alpha value is -1.61. The predicted octanol–water partition coefficient (Wildman–Crippen LogP) is 3.54. The highest BCUT2D eigenvalue weighted by Gasteiger charge is 2.09. The van der Waals surface area contributed by atoms with E-state index in [1.54, 1.807) is 11.3 Å². The number of allylic oxidation sites excluding steroid dienone is 1. The molecule has 2 nitrogen and oxygen atoms in total. The number of anilines is 1. The minimum Gasteiger partial charge on any atom is -0.359 e. The molecule has 0 saturated carbocycles. The van der Waals surface area contributed by atoms with E-state index in [1.165, 1.54) is 10.1 Å². The summed E-state index contributed by atoms with van der Waals surface area (Å²) in [6.45, 7) is 0. The maximum absolute atomic E-state index is 4.37. The topological polar surface area (TPSA) is 24.4 Å². The van der Waals surface area contributed by atoms with Crippen LogP contribution in [0.15, 0.2) is 41.5 Å². The molecule has 1 aliphatic heterocycles. The van der Waals surface area contributed by atoms with Crippen LogP contribution in [-0.4, -0.2) is 6.21 Å². The fourth-order valence-corrected chi connectivity index (χ4v) is 2.57. The molecule has 1 aliphatic rings. The van der Waals surface area contributed by atoms with E-state index in [2.05, 4.69) is 34.6 Å². The third-order valence-corrected chi connectivity index (χ3v) is 3.26. The van der Waals surface area contributed by atoms with Crippen LogP contribution < -0.4 is 5.32 Å². The highest BCUT2D eigenvalue weighted by Crippen LogP contribution is 2.42. The van der Waals surface area contributed by atoms with Crippen LogP contribution in [0.1, 0.15) is 0 Å². The number of thiophene rings is 1. The molecular formula is C11H8N2S. The molecule has 0 bridgehead atoms. The first-order valence-electron chi connectivity index (χ1n) is 4.42. The van der Waals surface area contributed by atoms with Gasteiger partial charge in [0.1, 0.15) is 5.00 Å². The Morgan fingerprint density at radius 1 is 1.21 bits per heavy atom. The molecule has 1 aromatic heterocycles. The van der Waals surface area contributed by atoms with E-state index in [0.717, 1.165) is 10.7 Å². The second-order valence-electron chi connectivity index (χ2n) is 3.06. The van der Waals surface area contributed by atoms with Gasteiger partial charge in [-0.1, -0.05) is 18.2 Å². The normalized spacial score (nSPS) is 13.7. The van der Waals surface area contributed by atoms with Crippen molar-refractivity contribution in [2.45, 2.75) is 0 Å². The summed E-state index contributed by atoms with van der Waals surface area (Å²) >= 11 is 1.71. The molecule has 2 heterocycles. The molecule has 0 fully saturated rings. The summed E-state index contributed by atoms with van der Waals surface area (Å²) < 4.78 is 1.28. The molecule has 14 heavy (non-hydrogen) atoms. The molecule has 0 spiro atoms. The summed E-state index contributed by atoms with van der Waals surface area (Å²) in [4.78, 5) is 4.37. The summed E-state index contributed by atoms with van der Waals surface area (Å²) in [7, 11) is 0. The van der Waals surface area contributed by atoms with Crippen molar-refractivity contribution in [1.82, 2.24) is 0 Å². The number of benzene rings is 1. The van der Waals surface area contributed by atoms with Crippen molar-refractivity contribution in [2.75, 3.05) is 5.32 Å². The van der Waals surface area contributed by atoms with Gasteiger partial charge in [-0.05, 0) is 12.1 Å². The fraction of sp³-hybridized carbons (Fsp3) is 0. The van der Waals surface area contributed by atoms with Gasteiger partial charge in [-0.25, -0.2) is 4.99 Å². The average Bonchev–Trinajstić information content (AvgIpc) is 2.42. The van der Waals surface area contributed by atoms with Crippen molar-refractivity contribution in [3.63, 3.8) is 0 Å². The minimum absolute atomic E-state index is 1.05. The molecule has 3 rings (SSSR count). The van der Waals surface area contributed by atoms with E-state index in [4.69, 9.17) is 0 Å². The van der Waals surface area contributed by atoms with Gasteiger partial charge < -0.3 is 5.32 Å². The summed E-state index contributed by atoms with van der Waals surface area (Å²) in [6.07, 6.45) is 5.63. The van der Waals surface area contributed by atoms with Crippen molar-refractivity contribution in [3.05, 3.63) is 36.5 Å². The van der Waals surface area contributed by atoms with Gasteiger partial charge in [0.05, 0.1) is 5.69 Å². The molecule has 0 unspecified atom stereocenters. The maximum atomic E-state index is 4.37. The number of fused-ring (bicyclic) bond motifs is 3. The second-order valence-corrected chi connectivity index (χ2v) is 4.09. The lowest BCUT2D eigenvalue weighted by Crippen LogP contribution is -1.83. The lowest BCUT2D eigenvalue weighted by molar-refractivity contribution is 1.63. The Morgan fingerprint density at radius 3 is 3.14 bits per heavy atom. The van der Waals surface area contributed by atoms with Crippen molar-refractivity contribution >= 4 is 38.3 Å². The quantitative estimate of drug-likeness (QED) is 0.691. The van der Waals surface area contributed by atoms with Gasteiger partial charge in [-0.2, -0.15) is 0 Å². The highest BCUT2D eigenvalue weighted by atomic mass is 32.1. The Balaban J connectivity index is 2.37. The molecule has 68 valence electrons. The van der Waals surface area contributed by atoms with E-state index in [9.17, 15) is 0 Å². The van der Waals surface area contributed by atoms with Gasteiger partial charge in [0.15, 0.2) is 0 Å². The molecular weight excluding hydrogens is 192 g/mol. The first kappa shape index (κ1) is 7.76. The first-order valence-corrected chi connectivity index (χ1v) is 5.24. The molecule has 1 aromatic carbocycles. The Kier molecular flexibility index (Phi) is 1.64. The number of hydrogen-bond acceptors (Lipinski definition) is 3. The fourth-order valence-electron chi connectivity index (χ4n) is 1.55. The molecule has 2 aromatic rings. The van der Waals surface area contributed by atoms with Crippen molar-refractivity contribution in [3.8, 4) is 0 Å². The lowest BCUT2D eigenvalue weighted by Gasteiger charge is -1.97. The highest BCUT2D eigenvalue weighted by molar-refractivity contribution is 7.23. The Bertz CT molecular complexity index is 537. The summed E-state index contributed by atoms with van der Waals surface area (Å²) in [6, 6.07) is 8.34. The zero-order valence-electron chi connectivity index (χ0n) is 7.40. The molecule has 0 atom stereocenters. The van der Waals surface area contributed by atoms with E-state index >= 15 is 0 Å². The van der Waals surface area contributed by atoms with E-state index in [1.807, 2.05) is 18.5 Å². The van der Waals surface area contributed by atoms with Crippen molar-refractivity contribution < 1.29 is 0 Å². The van der Waals surface area contributed by atoms with Crippen LogP contribution in [0.4, 0.5) is 10.7 Å². The average molecular weight is 200 g/mol. The van der Waals surface area contributed by atoms with Gasteiger partial charge in [0.2, 0.25) is 0 Å². The van der Waals surface area contributed by atoms with Gasteiger partial charge >= 0.3 is 0 Å². The summed E-state index contributed by atoms with van der Waals surface area (Å²) in [5.41, 5.74) is 1.12. The minimum atomic E-state index is 1.05. The zero-order valence-corrected chi connectivity index (χ0v) is 8.21. The first-order chi connectivity index (χ1) is 6.95. The summed E-state index contributed by atoms with van der Waals surface area (Å²) in [5, 5.41) is 5.55. The number of rotatable bonds is 0. The zero-order chi connectivity index (χ0) is 9.38. The molecule has 0 radical (unpaired) electrons. The SMILES string of the molecule is C1=CNc2c(sc3ccccc23)N=C1. The predicted molar refractivity (Wildman–Crippen MR) is 62.7 cm³/mol. The van der Waals surface area contributed by atoms with Gasteiger partial charge in [0.25, 0.3) is 0 Å². The maximum Gasteiger partial charge on any atom is 0.140 e.